The van der Waals surface area contributed by atoms with Crippen molar-refractivity contribution in [1.29, 1.82) is 0 Å². The highest BCUT2D eigenvalue weighted by molar-refractivity contribution is 7.85. The van der Waals surface area contributed by atoms with Crippen molar-refractivity contribution in [3.8, 4) is 5.75 Å². The summed E-state index contributed by atoms with van der Waals surface area (Å²) in [6, 6.07) is 10.5. The van der Waals surface area contributed by atoms with Crippen LogP contribution in [-0.2, 0) is 17.3 Å². The van der Waals surface area contributed by atoms with Crippen molar-refractivity contribution in [1.82, 2.24) is 0 Å². The Morgan fingerprint density at radius 1 is 1.10 bits per heavy atom. The quantitative estimate of drug-likeness (QED) is 0.892. The number of nitrogens with two attached hydrogens (primary N) is 1. The molecule has 0 amide bonds. The zero-order chi connectivity index (χ0) is 15.2. The Hall–Kier alpha value is -1.79. The first-order valence-corrected chi connectivity index (χ1v) is 7.68. The fraction of sp³-hybridized carbons (Fsp3) is 0.200. The van der Waals surface area contributed by atoms with Gasteiger partial charge in [0.2, 0.25) is 0 Å². The van der Waals surface area contributed by atoms with Crippen molar-refractivity contribution >= 4 is 10.8 Å². The van der Waals surface area contributed by atoms with Crippen molar-refractivity contribution in [2.45, 2.75) is 11.4 Å². The summed E-state index contributed by atoms with van der Waals surface area (Å²) in [5.41, 5.74) is 6.44. The number of hydrogen-bond donors (Lipinski definition) is 1. The van der Waals surface area contributed by atoms with Crippen molar-refractivity contribution in [3.63, 3.8) is 0 Å². The molecule has 1 atom stereocenters. The monoisotopic (exact) mass is 311 g/mol. The smallest absolute Gasteiger partial charge is 0.160 e. The lowest BCUT2D eigenvalue weighted by Crippen LogP contribution is -2.10. The van der Waals surface area contributed by atoms with E-state index in [1.807, 2.05) is 18.2 Å². The van der Waals surface area contributed by atoms with Crippen LogP contribution in [0.25, 0.3) is 0 Å². The van der Waals surface area contributed by atoms with E-state index >= 15 is 0 Å². The van der Waals surface area contributed by atoms with E-state index in [9.17, 15) is 13.0 Å². The summed E-state index contributed by atoms with van der Waals surface area (Å²) in [6.07, 6.45) is 0. The lowest BCUT2D eigenvalue weighted by Gasteiger charge is -2.10. The van der Waals surface area contributed by atoms with Gasteiger partial charge in [0.1, 0.15) is 12.4 Å². The number of hydrogen-bond acceptors (Lipinski definition) is 3. The van der Waals surface area contributed by atoms with Crippen LogP contribution in [0, 0.1) is 11.6 Å². The summed E-state index contributed by atoms with van der Waals surface area (Å²) in [5, 5.41) is 0. The summed E-state index contributed by atoms with van der Waals surface area (Å²) < 4.78 is 43.4. The van der Waals surface area contributed by atoms with Crippen molar-refractivity contribution < 1.29 is 17.7 Å². The van der Waals surface area contributed by atoms with Crippen LogP contribution >= 0.6 is 0 Å². The average molecular weight is 311 g/mol. The second kappa shape index (κ2) is 7.28. The van der Waals surface area contributed by atoms with E-state index in [1.54, 1.807) is 6.07 Å². The van der Waals surface area contributed by atoms with Gasteiger partial charge in [0.25, 0.3) is 0 Å². The van der Waals surface area contributed by atoms with Gasteiger partial charge in [-0.1, -0.05) is 18.2 Å². The van der Waals surface area contributed by atoms with E-state index in [4.69, 9.17) is 10.5 Å². The van der Waals surface area contributed by atoms with Crippen molar-refractivity contribution in [3.05, 3.63) is 59.7 Å². The van der Waals surface area contributed by atoms with Gasteiger partial charge >= 0.3 is 0 Å². The molecular formula is C15H15F2NO2S. The predicted octanol–water partition coefficient (Wildman–Crippen LogP) is 2.61. The zero-order valence-corrected chi connectivity index (χ0v) is 12.0. The summed E-state index contributed by atoms with van der Waals surface area (Å²) in [4.78, 5) is 0.240. The SMILES string of the molecule is NCc1ccccc1OCCS(=O)c1ccc(F)c(F)c1. The first kappa shape index (κ1) is 15.6. The van der Waals surface area contributed by atoms with E-state index in [0.29, 0.717) is 12.3 Å². The Morgan fingerprint density at radius 3 is 2.57 bits per heavy atom. The molecule has 0 aliphatic heterocycles. The topological polar surface area (TPSA) is 52.3 Å². The minimum Gasteiger partial charge on any atom is -0.492 e. The second-order valence-corrected chi connectivity index (χ2v) is 5.86. The van der Waals surface area contributed by atoms with Gasteiger partial charge in [-0.3, -0.25) is 4.21 Å². The molecule has 0 aliphatic rings. The Balaban J connectivity index is 1.93. The van der Waals surface area contributed by atoms with E-state index in [0.717, 1.165) is 17.7 Å². The van der Waals surface area contributed by atoms with E-state index in [-0.39, 0.29) is 17.3 Å². The molecule has 0 heterocycles. The molecule has 0 radical (unpaired) electrons. The van der Waals surface area contributed by atoms with Crippen LogP contribution < -0.4 is 10.5 Å². The van der Waals surface area contributed by atoms with Crippen LogP contribution in [0.2, 0.25) is 0 Å². The maximum atomic E-state index is 13.1. The minimum atomic E-state index is -1.45. The second-order valence-electron chi connectivity index (χ2n) is 4.29. The molecular weight excluding hydrogens is 296 g/mol. The zero-order valence-electron chi connectivity index (χ0n) is 11.2. The molecule has 1 unspecified atom stereocenters. The van der Waals surface area contributed by atoms with Gasteiger partial charge in [-0.15, -0.1) is 0 Å². The van der Waals surface area contributed by atoms with E-state index < -0.39 is 22.4 Å². The molecule has 3 nitrogen and oxygen atoms in total. The predicted molar refractivity (Wildman–Crippen MR) is 77.5 cm³/mol. The standard InChI is InChI=1S/C15H15F2NO2S/c16-13-6-5-12(9-14(13)17)21(19)8-7-20-15-4-2-1-3-11(15)10-18/h1-6,9H,7-8,10,18H2. The van der Waals surface area contributed by atoms with Gasteiger partial charge in [-0.05, 0) is 24.3 Å². The molecule has 112 valence electrons. The molecule has 2 rings (SSSR count). The van der Waals surface area contributed by atoms with Crippen LogP contribution in [0.15, 0.2) is 47.4 Å². The van der Waals surface area contributed by atoms with Crippen LogP contribution in [0.1, 0.15) is 5.56 Å². The first-order valence-electron chi connectivity index (χ1n) is 6.36. The number of halogens is 2. The molecule has 0 spiro atoms. The van der Waals surface area contributed by atoms with Gasteiger partial charge in [0, 0.05) is 17.0 Å². The first-order chi connectivity index (χ1) is 10.1. The van der Waals surface area contributed by atoms with Crippen molar-refractivity contribution in [2.24, 2.45) is 5.73 Å². The molecule has 2 aromatic carbocycles. The Kier molecular flexibility index (Phi) is 5.41. The lowest BCUT2D eigenvalue weighted by molar-refractivity contribution is 0.339. The highest BCUT2D eigenvalue weighted by Crippen LogP contribution is 2.17. The third-order valence-corrected chi connectivity index (χ3v) is 4.19. The number of para-hydroxylation sites is 1. The number of rotatable bonds is 6. The molecule has 0 aromatic heterocycles. The highest BCUT2D eigenvalue weighted by atomic mass is 32.2. The summed E-state index contributed by atoms with van der Waals surface area (Å²) in [7, 11) is -1.45. The Bertz CT molecular complexity index is 649. The van der Waals surface area contributed by atoms with Crippen LogP contribution in [0.4, 0.5) is 8.78 Å². The van der Waals surface area contributed by atoms with Crippen LogP contribution in [0.5, 0.6) is 5.75 Å². The average Bonchev–Trinajstić information content (AvgIpc) is 2.50. The molecule has 21 heavy (non-hydrogen) atoms. The third kappa shape index (κ3) is 4.09. The minimum absolute atomic E-state index is 0.185. The summed E-state index contributed by atoms with van der Waals surface area (Å²) >= 11 is 0. The molecule has 2 aromatic rings. The third-order valence-electron chi connectivity index (χ3n) is 2.87. The molecule has 0 bridgehead atoms. The van der Waals surface area contributed by atoms with Crippen LogP contribution in [-0.4, -0.2) is 16.6 Å². The number of ether oxygens (including phenoxy) is 1. The summed E-state index contributed by atoms with van der Waals surface area (Å²) in [6.45, 7) is 0.547. The molecule has 2 N–H and O–H groups in total. The molecule has 0 saturated carbocycles. The van der Waals surface area contributed by atoms with Gasteiger partial charge in [0.05, 0.1) is 16.6 Å². The van der Waals surface area contributed by atoms with Gasteiger partial charge in [-0.25, -0.2) is 8.78 Å². The molecule has 0 aliphatic carbocycles. The Labute approximate surface area is 124 Å². The van der Waals surface area contributed by atoms with Gasteiger partial charge in [-0.2, -0.15) is 0 Å². The lowest BCUT2D eigenvalue weighted by atomic mass is 10.2. The molecule has 0 saturated heterocycles. The number of benzene rings is 2. The maximum Gasteiger partial charge on any atom is 0.160 e. The molecule has 0 fully saturated rings. The normalized spacial score (nSPS) is 12.1. The highest BCUT2D eigenvalue weighted by Gasteiger charge is 2.09. The van der Waals surface area contributed by atoms with Gasteiger partial charge in [0.15, 0.2) is 11.6 Å². The van der Waals surface area contributed by atoms with Crippen LogP contribution in [0.3, 0.4) is 0 Å². The largest absolute Gasteiger partial charge is 0.492 e. The maximum absolute atomic E-state index is 13.1. The Morgan fingerprint density at radius 2 is 1.86 bits per heavy atom. The fourth-order valence-corrected chi connectivity index (χ4v) is 2.70. The van der Waals surface area contributed by atoms with E-state index in [2.05, 4.69) is 0 Å². The van der Waals surface area contributed by atoms with Gasteiger partial charge < -0.3 is 10.5 Å². The van der Waals surface area contributed by atoms with Crippen molar-refractivity contribution in [2.75, 3.05) is 12.4 Å². The summed E-state index contributed by atoms with van der Waals surface area (Å²) in [5.74, 6) is -1.13. The fourth-order valence-electron chi connectivity index (χ4n) is 1.78. The van der Waals surface area contributed by atoms with E-state index in [1.165, 1.54) is 6.07 Å². The molecule has 6 heteroatoms.